The molecule has 1 fully saturated rings. The molecule has 1 saturated heterocycles. The molecule has 0 aromatic heterocycles. The zero-order valence-corrected chi connectivity index (χ0v) is 17.7. The van der Waals surface area contributed by atoms with Crippen LogP contribution >= 0.6 is 10.3 Å². The van der Waals surface area contributed by atoms with Crippen LogP contribution in [0.5, 0.6) is 5.75 Å². The molecule has 166 valence electrons. The third kappa shape index (κ3) is 4.52. The van der Waals surface area contributed by atoms with E-state index in [9.17, 15) is 26.4 Å². The molecule has 0 bridgehead atoms. The number of carbonyl (C=O) groups is 1. The van der Waals surface area contributed by atoms with Crippen LogP contribution in [0.1, 0.15) is 26.2 Å². The average molecular weight is 466 g/mol. The van der Waals surface area contributed by atoms with Gasteiger partial charge in [0, 0.05) is 21.8 Å². The fourth-order valence-corrected chi connectivity index (χ4v) is 8.69. The number of rotatable bonds is 6. The Hall–Kier alpha value is -1.98. The van der Waals surface area contributed by atoms with Crippen LogP contribution in [0, 0.1) is 0 Å². The molecule has 0 aliphatic carbocycles. The normalized spacial score (nSPS) is 17.6. The molecule has 0 saturated carbocycles. The summed E-state index contributed by atoms with van der Waals surface area (Å²) in [6.45, 7) is 2.02. The SMILES string of the molecule is CCCOC(=O)Oc1cccc2c(S3(OS(=O)(=O)C(F)(F)F)CCCC3)cccc12. The summed E-state index contributed by atoms with van der Waals surface area (Å²) >= 11 is 0. The van der Waals surface area contributed by atoms with Crippen LogP contribution in [-0.4, -0.2) is 38.2 Å². The molecule has 1 aliphatic heterocycles. The molecule has 0 N–H and O–H groups in total. The smallest absolute Gasteiger partial charge is 0.434 e. The number of hydrogen-bond acceptors (Lipinski definition) is 6. The van der Waals surface area contributed by atoms with E-state index >= 15 is 0 Å². The van der Waals surface area contributed by atoms with Crippen molar-refractivity contribution < 1.29 is 39.5 Å². The standard InChI is InChI=1S/C19H21F3O6S2/c1-2-11-26-18(23)27-16-9-5-8-15-14(16)7-6-10-17(15)29(12-3-4-13-29)28-30(24,25)19(20,21)22/h5-10H,2-4,11-13H2,1H3. The minimum atomic E-state index is -5.76. The third-order valence-electron chi connectivity index (χ3n) is 4.56. The van der Waals surface area contributed by atoms with Gasteiger partial charge in [0.15, 0.2) is 0 Å². The summed E-state index contributed by atoms with van der Waals surface area (Å²) in [4.78, 5) is 12.2. The maximum atomic E-state index is 13.0. The molecular weight excluding hydrogens is 445 g/mol. The van der Waals surface area contributed by atoms with Crippen molar-refractivity contribution in [2.24, 2.45) is 0 Å². The van der Waals surface area contributed by atoms with Crippen molar-refractivity contribution in [3.63, 3.8) is 0 Å². The van der Waals surface area contributed by atoms with E-state index in [1.165, 1.54) is 6.07 Å². The van der Waals surface area contributed by atoms with Crippen molar-refractivity contribution in [1.82, 2.24) is 0 Å². The first-order chi connectivity index (χ1) is 14.1. The highest BCUT2D eigenvalue weighted by atomic mass is 32.3. The second-order valence-electron chi connectivity index (χ2n) is 6.70. The topological polar surface area (TPSA) is 78.9 Å². The van der Waals surface area contributed by atoms with Crippen molar-refractivity contribution in [2.75, 3.05) is 18.1 Å². The van der Waals surface area contributed by atoms with Crippen LogP contribution in [0.15, 0.2) is 41.3 Å². The van der Waals surface area contributed by atoms with E-state index in [1.807, 2.05) is 6.92 Å². The monoisotopic (exact) mass is 466 g/mol. The first kappa shape index (κ1) is 22.7. The van der Waals surface area contributed by atoms with Crippen molar-refractivity contribution in [3.8, 4) is 5.75 Å². The Balaban J connectivity index is 2.06. The van der Waals surface area contributed by atoms with E-state index < -0.39 is 32.1 Å². The van der Waals surface area contributed by atoms with Crippen LogP contribution in [0.4, 0.5) is 18.0 Å². The van der Waals surface area contributed by atoms with Crippen molar-refractivity contribution in [1.29, 1.82) is 0 Å². The summed E-state index contributed by atoms with van der Waals surface area (Å²) in [6.07, 6.45) is 0.830. The maximum Gasteiger partial charge on any atom is 0.523 e. The number of halogens is 3. The third-order valence-corrected chi connectivity index (χ3v) is 9.94. The van der Waals surface area contributed by atoms with Crippen molar-refractivity contribution >= 4 is 37.4 Å². The predicted octanol–water partition coefficient (Wildman–Crippen LogP) is 5.50. The molecule has 3 rings (SSSR count). The minimum absolute atomic E-state index is 0.168. The Bertz CT molecular complexity index is 1030. The molecule has 1 heterocycles. The number of hydrogen-bond donors (Lipinski definition) is 0. The van der Waals surface area contributed by atoms with Gasteiger partial charge in [-0.15, -0.1) is 0 Å². The van der Waals surface area contributed by atoms with E-state index in [-0.39, 0.29) is 23.9 Å². The molecular formula is C19H21F3O6S2. The lowest BCUT2D eigenvalue weighted by molar-refractivity contribution is -0.0496. The lowest BCUT2D eigenvalue weighted by atomic mass is 10.1. The average Bonchev–Trinajstić information content (AvgIpc) is 3.14. The van der Waals surface area contributed by atoms with Gasteiger partial charge in [0.1, 0.15) is 5.75 Å². The Labute approximate surface area is 173 Å². The highest BCUT2D eigenvalue weighted by Crippen LogP contribution is 2.65. The quantitative estimate of drug-likeness (QED) is 0.318. The van der Waals surface area contributed by atoms with Crippen LogP contribution in [-0.2, 0) is 18.5 Å². The predicted molar refractivity (Wildman–Crippen MR) is 107 cm³/mol. The molecule has 2 aromatic carbocycles. The number of ether oxygens (including phenoxy) is 2. The van der Waals surface area contributed by atoms with Gasteiger partial charge in [-0.1, -0.05) is 41.5 Å². The molecule has 0 amide bonds. The fraction of sp³-hybridized carbons (Fsp3) is 0.421. The zero-order valence-electron chi connectivity index (χ0n) is 16.1. The minimum Gasteiger partial charge on any atom is -0.434 e. The summed E-state index contributed by atoms with van der Waals surface area (Å²) < 4.78 is 77.8. The van der Waals surface area contributed by atoms with Crippen molar-refractivity contribution in [3.05, 3.63) is 36.4 Å². The number of benzene rings is 2. The lowest BCUT2D eigenvalue weighted by Crippen LogP contribution is -2.27. The van der Waals surface area contributed by atoms with Gasteiger partial charge in [-0.25, -0.2) is 8.42 Å². The van der Waals surface area contributed by atoms with Gasteiger partial charge in [0.25, 0.3) is 0 Å². The van der Waals surface area contributed by atoms with Crippen molar-refractivity contribution in [2.45, 2.75) is 36.6 Å². The summed E-state index contributed by atoms with van der Waals surface area (Å²) in [5.74, 6) is 0.567. The van der Waals surface area contributed by atoms with Gasteiger partial charge >= 0.3 is 21.8 Å². The fourth-order valence-electron chi connectivity index (χ4n) is 3.28. The first-order valence-electron chi connectivity index (χ1n) is 9.27. The van der Waals surface area contributed by atoms with Crippen LogP contribution in [0.3, 0.4) is 0 Å². The molecule has 1 aliphatic rings. The molecule has 30 heavy (non-hydrogen) atoms. The van der Waals surface area contributed by atoms with Gasteiger partial charge in [-0.05, 0) is 36.8 Å². The summed E-state index contributed by atoms with van der Waals surface area (Å²) in [7, 11) is -8.51. The number of fused-ring (bicyclic) bond motifs is 1. The molecule has 2 aromatic rings. The van der Waals surface area contributed by atoms with Crippen LogP contribution in [0.2, 0.25) is 0 Å². The molecule has 11 heteroatoms. The zero-order chi connectivity index (χ0) is 22.0. The second-order valence-corrected chi connectivity index (χ2v) is 11.5. The van der Waals surface area contributed by atoms with Gasteiger partial charge in [0.2, 0.25) is 0 Å². The van der Waals surface area contributed by atoms with Gasteiger partial charge in [0.05, 0.1) is 6.61 Å². The van der Waals surface area contributed by atoms with Crippen LogP contribution in [0.25, 0.3) is 10.8 Å². The number of carbonyl (C=O) groups excluding carboxylic acids is 1. The van der Waals surface area contributed by atoms with E-state index in [4.69, 9.17) is 13.1 Å². The molecule has 6 nitrogen and oxygen atoms in total. The van der Waals surface area contributed by atoms with E-state index in [0.717, 1.165) is 0 Å². The number of alkyl halides is 3. The summed E-state index contributed by atoms with van der Waals surface area (Å²) in [5, 5.41) is 0.933. The van der Waals surface area contributed by atoms with E-state index in [1.54, 1.807) is 30.3 Å². The first-order valence-corrected chi connectivity index (χ1v) is 12.6. The molecule has 0 spiro atoms. The summed E-state index contributed by atoms with van der Waals surface area (Å²) in [5.41, 5.74) is -5.50. The van der Waals surface area contributed by atoms with E-state index in [2.05, 4.69) is 0 Å². The Morgan fingerprint density at radius 1 is 1.07 bits per heavy atom. The molecule has 0 atom stereocenters. The maximum absolute atomic E-state index is 13.0. The highest BCUT2D eigenvalue weighted by Gasteiger charge is 2.52. The van der Waals surface area contributed by atoms with Gasteiger partial charge in [-0.2, -0.15) is 21.6 Å². The van der Waals surface area contributed by atoms with E-state index in [0.29, 0.717) is 34.9 Å². The van der Waals surface area contributed by atoms with Gasteiger partial charge < -0.3 is 9.47 Å². The highest BCUT2D eigenvalue weighted by molar-refractivity contribution is 8.33. The second kappa shape index (κ2) is 8.64. The Morgan fingerprint density at radius 3 is 2.33 bits per heavy atom. The lowest BCUT2D eigenvalue weighted by Gasteiger charge is -2.35. The Morgan fingerprint density at radius 2 is 1.70 bits per heavy atom. The largest absolute Gasteiger partial charge is 0.523 e. The molecule has 0 unspecified atom stereocenters. The van der Waals surface area contributed by atoms with Crippen LogP contribution < -0.4 is 4.74 Å². The van der Waals surface area contributed by atoms with Gasteiger partial charge in [-0.3, -0.25) is 0 Å². The molecule has 0 radical (unpaired) electrons. The Kier molecular flexibility index (Phi) is 6.54. The summed E-state index contributed by atoms with van der Waals surface area (Å²) in [6, 6.07) is 9.55.